The van der Waals surface area contributed by atoms with E-state index in [4.69, 9.17) is 4.42 Å². The third kappa shape index (κ3) is 6.44. The molecule has 0 amide bonds. The summed E-state index contributed by atoms with van der Waals surface area (Å²) in [6.07, 6.45) is 4.33. The molecule has 264 valence electrons. The summed E-state index contributed by atoms with van der Waals surface area (Å²) in [6, 6.07) is 75.5. The van der Waals surface area contributed by atoms with Crippen molar-refractivity contribution in [1.82, 2.24) is 0 Å². The van der Waals surface area contributed by atoms with Crippen LogP contribution in [0.3, 0.4) is 0 Å². The van der Waals surface area contributed by atoms with Gasteiger partial charge in [-0.05, 0) is 122 Å². The number of hydrogen-bond donors (Lipinski definition) is 0. The van der Waals surface area contributed by atoms with Gasteiger partial charge in [-0.3, -0.25) is 0 Å². The maximum atomic E-state index is 6.50. The zero-order valence-electron chi connectivity index (χ0n) is 30.7. The van der Waals surface area contributed by atoms with Crippen LogP contribution in [0.4, 0.5) is 17.1 Å². The van der Waals surface area contributed by atoms with Gasteiger partial charge in [-0.25, -0.2) is 0 Å². The monoisotopic (exact) mass is 715 g/mol. The number of rotatable bonds is 8. The Morgan fingerprint density at radius 1 is 0.321 bits per heavy atom. The minimum atomic E-state index is 0.868. The van der Waals surface area contributed by atoms with E-state index in [1.807, 2.05) is 12.1 Å². The topological polar surface area (TPSA) is 16.4 Å². The summed E-state index contributed by atoms with van der Waals surface area (Å²) in [4.78, 5) is 2.26. The van der Waals surface area contributed by atoms with Gasteiger partial charge in [0.15, 0.2) is 0 Å². The fraction of sp³-hybridized carbons (Fsp3) is 0. The molecule has 0 radical (unpaired) electrons. The number of fused-ring (bicyclic) bond motifs is 4. The van der Waals surface area contributed by atoms with E-state index in [1.165, 1.54) is 44.2 Å². The predicted molar refractivity (Wildman–Crippen MR) is 238 cm³/mol. The zero-order valence-corrected chi connectivity index (χ0v) is 30.7. The van der Waals surface area contributed by atoms with Crippen molar-refractivity contribution in [3.8, 4) is 33.4 Å². The maximum Gasteiger partial charge on any atom is 0.137 e. The molecule has 10 rings (SSSR count). The number of furan rings is 1. The van der Waals surface area contributed by atoms with Crippen LogP contribution in [0.5, 0.6) is 0 Å². The van der Waals surface area contributed by atoms with Crippen LogP contribution in [0, 0.1) is 0 Å². The van der Waals surface area contributed by atoms with Gasteiger partial charge in [-0.2, -0.15) is 0 Å². The van der Waals surface area contributed by atoms with Crippen molar-refractivity contribution in [2.45, 2.75) is 0 Å². The summed E-state index contributed by atoms with van der Waals surface area (Å²) in [7, 11) is 0. The molecule has 0 unspecified atom stereocenters. The van der Waals surface area contributed by atoms with E-state index >= 15 is 0 Å². The normalized spacial score (nSPS) is 11.5. The lowest BCUT2D eigenvalue weighted by molar-refractivity contribution is 0.669. The quantitative estimate of drug-likeness (QED) is 0.146. The average molecular weight is 716 g/mol. The van der Waals surface area contributed by atoms with Crippen molar-refractivity contribution >= 4 is 61.9 Å². The van der Waals surface area contributed by atoms with Gasteiger partial charge in [0, 0.05) is 33.9 Å². The molecule has 0 aliphatic carbocycles. The predicted octanol–water partition coefficient (Wildman–Crippen LogP) is 15.4. The maximum absolute atomic E-state index is 6.50. The summed E-state index contributed by atoms with van der Waals surface area (Å²) >= 11 is 0. The Morgan fingerprint density at radius 2 is 0.821 bits per heavy atom. The van der Waals surface area contributed by atoms with Gasteiger partial charge in [0.2, 0.25) is 0 Å². The van der Waals surface area contributed by atoms with Crippen LogP contribution in [0.1, 0.15) is 11.1 Å². The highest BCUT2D eigenvalue weighted by atomic mass is 16.3. The van der Waals surface area contributed by atoms with E-state index in [0.29, 0.717) is 0 Å². The van der Waals surface area contributed by atoms with Crippen LogP contribution >= 0.6 is 0 Å². The van der Waals surface area contributed by atoms with E-state index in [1.54, 1.807) is 0 Å². The highest BCUT2D eigenvalue weighted by Gasteiger charge is 2.15. The van der Waals surface area contributed by atoms with Gasteiger partial charge in [-0.1, -0.05) is 152 Å². The smallest absolute Gasteiger partial charge is 0.137 e. The molecule has 2 heteroatoms. The SMILES string of the molecule is C(=C\c1ccc2c(c1)oc1cc(N(c3ccccc3)c3ccccc3)ccc12)/c1ccc(-c2ccc3cc(-c4ccccc4)c(-c4ccccc4)cc3c2)cc1. The summed E-state index contributed by atoms with van der Waals surface area (Å²) in [5.74, 6) is 0. The van der Waals surface area contributed by atoms with Crippen LogP contribution in [0.25, 0.3) is 78.2 Å². The molecule has 0 atom stereocenters. The lowest BCUT2D eigenvalue weighted by atomic mass is 9.90. The molecule has 0 spiro atoms. The van der Waals surface area contributed by atoms with Crippen molar-refractivity contribution in [2.75, 3.05) is 4.90 Å². The highest BCUT2D eigenvalue weighted by Crippen LogP contribution is 2.39. The largest absolute Gasteiger partial charge is 0.456 e. The Bertz CT molecular complexity index is 2940. The van der Waals surface area contributed by atoms with Crippen molar-refractivity contribution in [3.05, 3.63) is 223 Å². The Kier molecular flexibility index (Phi) is 8.55. The molecule has 0 aliphatic heterocycles. The molecular weight excluding hydrogens is 679 g/mol. The second-order valence-corrected chi connectivity index (χ2v) is 14.2. The first-order valence-corrected chi connectivity index (χ1v) is 19.1. The molecule has 1 heterocycles. The fourth-order valence-electron chi connectivity index (χ4n) is 7.80. The third-order valence-electron chi connectivity index (χ3n) is 10.6. The Hall–Kier alpha value is -7.42. The molecule has 9 aromatic carbocycles. The summed E-state index contributed by atoms with van der Waals surface area (Å²) in [6.45, 7) is 0. The Labute approximate surface area is 326 Å². The molecule has 0 bridgehead atoms. The van der Waals surface area contributed by atoms with Gasteiger partial charge >= 0.3 is 0 Å². The van der Waals surface area contributed by atoms with Gasteiger partial charge < -0.3 is 9.32 Å². The second kappa shape index (κ2) is 14.4. The van der Waals surface area contributed by atoms with Gasteiger partial charge in [0.25, 0.3) is 0 Å². The molecule has 0 saturated heterocycles. The number of hydrogen-bond acceptors (Lipinski definition) is 2. The minimum Gasteiger partial charge on any atom is -0.456 e. The first-order valence-electron chi connectivity index (χ1n) is 19.1. The second-order valence-electron chi connectivity index (χ2n) is 14.2. The molecule has 0 fully saturated rings. The molecule has 2 nitrogen and oxygen atoms in total. The van der Waals surface area contributed by atoms with Crippen LogP contribution in [-0.4, -0.2) is 0 Å². The molecule has 56 heavy (non-hydrogen) atoms. The highest BCUT2D eigenvalue weighted by molar-refractivity contribution is 6.07. The lowest BCUT2D eigenvalue weighted by Gasteiger charge is -2.25. The fourth-order valence-corrected chi connectivity index (χ4v) is 7.80. The van der Waals surface area contributed by atoms with Crippen LogP contribution < -0.4 is 4.90 Å². The van der Waals surface area contributed by atoms with Crippen molar-refractivity contribution in [2.24, 2.45) is 0 Å². The standard InChI is InChI=1S/C54H37NO/c1-5-13-41(14-6-1)51-35-44-29-28-43(34-45(44)36-52(51)42-15-7-2-8-16-42)40-26-23-38(24-27-40)21-22-39-25-31-49-50-32-30-48(37-54(50)56-53(49)33-39)55(46-17-9-3-10-18-46)47-19-11-4-12-20-47/h1-37H/b22-21+. The van der Waals surface area contributed by atoms with E-state index in [-0.39, 0.29) is 0 Å². The number of benzene rings is 9. The summed E-state index contributed by atoms with van der Waals surface area (Å²) in [5.41, 5.74) is 14.6. The summed E-state index contributed by atoms with van der Waals surface area (Å²) < 4.78 is 6.50. The number of para-hydroxylation sites is 2. The number of anilines is 3. The Morgan fingerprint density at radius 3 is 1.45 bits per heavy atom. The molecule has 0 N–H and O–H groups in total. The average Bonchev–Trinajstić information content (AvgIpc) is 3.64. The minimum absolute atomic E-state index is 0.868. The molecule has 1 aromatic heterocycles. The van der Waals surface area contributed by atoms with Crippen LogP contribution in [0.15, 0.2) is 217 Å². The van der Waals surface area contributed by atoms with Crippen molar-refractivity contribution < 1.29 is 4.42 Å². The zero-order chi connectivity index (χ0) is 37.3. The van der Waals surface area contributed by atoms with Crippen LogP contribution in [0.2, 0.25) is 0 Å². The third-order valence-corrected chi connectivity index (χ3v) is 10.6. The van der Waals surface area contributed by atoms with E-state index in [0.717, 1.165) is 50.1 Å². The van der Waals surface area contributed by atoms with Gasteiger partial charge in [0.05, 0.1) is 0 Å². The molecule has 10 aromatic rings. The first-order chi connectivity index (χ1) is 27.7. The Balaban J connectivity index is 0.915. The first kappa shape index (κ1) is 33.2. The summed E-state index contributed by atoms with van der Waals surface area (Å²) in [5, 5.41) is 4.68. The van der Waals surface area contributed by atoms with Gasteiger partial charge in [0.1, 0.15) is 11.2 Å². The van der Waals surface area contributed by atoms with E-state index < -0.39 is 0 Å². The van der Waals surface area contributed by atoms with Crippen molar-refractivity contribution in [3.63, 3.8) is 0 Å². The molecule has 0 saturated carbocycles. The van der Waals surface area contributed by atoms with Crippen molar-refractivity contribution in [1.29, 1.82) is 0 Å². The number of nitrogens with zero attached hydrogens (tertiary/aromatic N) is 1. The van der Waals surface area contributed by atoms with E-state index in [2.05, 4.69) is 217 Å². The molecular formula is C54H37NO. The van der Waals surface area contributed by atoms with Gasteiger partial charge in [-0.15, -0.1) is 0 Å². The van der Waals surface area contributed by atoms with E-state index in [9.17, 15) is 0 Å². The molecule has 0 aliphatic rings. The van der Waals surface area contributed by atoms with Crippen LogP contribution in [-0.2, 0) is 0 Å². The lowest BCUT2D eigenvalue weighted by Crippen LogP contribution is -2.09.